The molecule has 0 saturated carbocycles. The van der Waals surface area contributed by atoms with Gasteiger partial charge in [0.15, 0.2) is 0 Å². The van der Waals surface area contributed by atoms with Gasteiger partial charge in [-0.15, -0.1) is 0 Å². The molecule has 1 fully saturated rings. The first-order chi connectivity index (χ1) is 14.2. The molecule has 29 heavy (non-hydrogen) atoms. The highest BCUT2D eigenvalue weighted by Gasteiger charge is 2.25. The van der Waals surface area contributed by atoms with Gasteiger partial charge in [-0.2, -0.15) is 0 Å². The van der Waals surface area contributed by atoms with Crippen LogP contribution in [0.5, 0.6) is 0 Å². The Balaban J connectivity index is 1.34. The lowest BCUT2D eigenvalue weighted by Gasteiger charge is -2.35. The Labute approximate surface area is 166 Å². The molecule has 0 radical (unpaired) electrons. The van der Waals surface area contributed by atoms with Crippen molar-refractivity contribution in [1.29, 1.82) is 0 Å². The number of hydrogen-bond donors (Lipinski definition) is 0. The van der Waals surface area contributed by atoms with Gasteiger partial charge in [-0.3, -0.25) is 9.78 Å². The van der Waals surface area contributed by atoms with Crippen molar-refractivity contribution < 1.29 is 9.21 Å². The van der Waals surface area contributed by atoms with Crippen LogP contribution in [-0.4, -0.2) is 47.0 Å². The third-order valence-corrected chi connectivity index (χ3v) is 5.20. The van der Waals surface area contributed by atoms with Gasteiger partial charge in [0.2, 0.25) is 0 Å². The average molecular weight is 386 g/mol. The zero-order chi connectivity index (χ0) is 19.8. The Morgan fingerprint density at radius 1 is 0.931 bits per heavy atom. The molecule has 3 heterocycles. The Morgan fingerprint density at radius 3 is 2.48 bits per heavy atom. The lowest BCUT2D eigenvalue weighted by Crippen LogP contribution is -2.49. The second-order valence-electron chi connectivity index (χ2n) is 6.98. The SMILES string of the molecule is O=C(c1cc2ccccc2oc1=O)N1CCN(c2cnc3ccccc3n2)CC1. The lowest BCUT2D eigenvalue weighted by atomic mass is 10.1. The van der Waals surface area contributed by atoms with E-state index in [4.69, 9.17) is 4.42 Å². The quantitative estimate of drug-likeness (QED) is 0.493. The first-order valence-electron chi connectivity index (χ1n) is 9.48. The number of piperazine rings is 1. The van der Waals surface area contributed by atoms with Crippen LogP contribution in [0.1, 0.15) is 10.4 Å². The van der Waals surface area contributed by atoms with Gasteiger partial charge in [-0.1, -0.05) is 30.3 Å². The number of benzene rings is 2. The highest BCUT2D eigenvalue weighted by Crippen LogP contribution is 2.18. The molecule has 7 heteroatoms. The molecule has 1 saturated heterocycles. The largest absolute Gasteiger partial charge is 0.422 e. The highest BCUT2D eigenvalue weighted by molar-refractivity contribution is 5.96. The Bertz CT molecular complexity index is 1280. The minimum atomic E-state index is -0.600. The van der Waals surface area contributed by atoms with Crippen molar-refractivity contribution in [3.8, 4) is 0 Å². The summed E-state index contributed by atoms with van der Waals surface area (Å²) in [5.74, 6) is 0.495. The van der Waals surface area contributed by atoms with Gasteiger partial charge in [0.25, 0.3) is 5.91 Å². The molecule has 0 bridgehead atoms. The summed E-state index contributed by atoms with van der Waals surface area (Å²) in [5, 5.41) is 0.737. The van der Waals surface area contributed by atoms with Crippen LogP contribution in [0.25, 0.3) is 22.0 Å². The fraction of sp³-hybridized carbons (Fsp3) is 0.182. The smallest absolute Gasteiger partial charge is 0.349 e. The standard InChI is InChI=1S/C22H18N4O3/c27-21(16-13-15-5-1-4-8-19(15)29-22(16)28)26-11-9-25(10-12-26)20-14-23-17-6-2-3-7-18(17)24-20/h1-8,13-14H,9-12H2. The summed E-state index contributed by atoms with van der Waals surface area (Å²) in [6.07, 6.45) is 1.76. The van der Waals surface area contributed by atoms with Gasteiger partial charge in [0.05, 0.1) is 17.2 Å². The van der Waals surface area contributed by atoms with Crippen molar-refractivity contribution in [2.75, 3.05) is 31.1 Å². The monoisotopic (exact) mass is 386 g/mol. The first kappa shape index (κ1) is 17.4. The number of fused-ring (bicyclic) bond motifs is 2. The van der Waals surface area contributed by atoms with E-state index in [1.54, 1.807) is 29.3 Å². The molecule has 5 rings (SSSR count). The van der Waals surface area contributed by atoms with Crippen LogP contribution in [0, 0.1) is 0 Å². The third kappa shape index (κ3) is 3.20. The molecular weight excluding hydrogens is 368 g/mol. The average Bonchev–Trinajstić information content (AvgIpc) is 2.78. The number of aromatic nitrogens is 2. The number of carbonyl (C=O) groups is 1. The minimum absolute atomic E-state index is 0.0719. The van der Waals surface area contributed by atoms with E-state index in [2.05, 4.69) is 14.9 Å². The zero-order valence-electron chi connectivity index (χ0n) is 15.6. The molecule has 1 amide bonds. The topological polar surface area (TPSA) is 79.5 Å². The van der Waals surface area contributed by atoms with Crippen LogP contribution in [0.4, 0.5) is 5.82 Å². The number of carbonyl (C=O) groups excluding carboxylic acids is 1. The van der Waals surface area contributed by atoms with Gasteiger partial charge in [0.1, 0.15) is 17.0 Å². The Kier molecular flexibility index (Phi) is 4.20. The van der Waals surface area contributed by atoms with Crippen LogP contribution in [0.15, 0.2) is 70.0 Å². The van der Waals surface area contributed by atoms with Crippen LogP contribution < -0.4 is 10.5 Å². The summed E-state index contributed by atoms with van der Waals surface area (Å²) in [7, 11) is 0. The van der Waals surface area contributed by atoms with Crippen molar-refractivity contribution in [3.63, 3.8) is 0 Å². The molecule has 0 N–H and O–H groups in total. The number of anilines is 1. The fourth-order valence-corrected chi connectivity index (χ4v) is 3.62. The summed E-state index contributed by atoms with van der Waals surface area (Å²) >= 11 is 0. The molecule has 144 valence electrons. The Hall–Kier alpha value is -3.74. The van der Waals surface area contributed by atoms with E-state index < -0.39 is 5.63 Å². The molecule has 7 nitrogen and oxygen atoms in total. The molecule has 0 atom stereocenters. The maximum atomic E-state index is 12.9. The Morgan fingerprint density at radius 2 is 1.66 bits per heavy atom. The third-order valence-electron chi connectivity index (χ3n) is 5.20. The maximum absolute atomic E-state index is 12.9. The molecule has 0 aliphatic carbocycles. The van der Waals surface area contributed by atoms with Crippen molar-refractivity contribution in [1.82, 2.24) is 14.9 Å². The summed E-state index contributed by atoms with van der Waals surface area (Å²) in [6, 6.07) is 16.5. The van der Waals surface area contributed by atoms with Gasteiger partial charge in [0, 0.05) is 31.6 Å². The number of amides is 1. The van der Waals surface area contributed by atoms with E-state index in [-0.39, 0.29) is 11.5 Å². The van der Waals surface area contributed by atoms with Crippen LogP contribution in [0.3, 0.4) is 0 Å². The molecule has 1 aliphatic rings. The van der Waals surface area contributed by atoms with Gasteiger partial charge >= 0.3 is 5.63 Å². The van der Waals surface area contributed by atoms with Crippen LogP contribution in [-0.2, 0) is 0 Å². The molecule has 4 aromatic rings. The number of hydrogen-bond acceptors (Lipinski definition) is 6. The van der Waals surface area contributed by atoms with E-state index in [0.717, 1.165) is 22.2 Å². The highest BCUT2D eigenvalue weighted by atomic mass is 16.4. The molecular formula is C22H18N4O3. The van der Waals surface area contributed by atoms with E-state index in [1.807, 2.05) is 36.4 Å². The van der Waals surface area contributed by atoms with E-state index in [9.17, 15) is 9.59 Å². The predicted octanol–water partition coefficient (Wildman–Crippen LogP) is 2.70. The molecule has 1 aliphatic heterocycles. The van der Waals surface area contributed by atoms with E-state index >= 15 is 0 Å². The molecule has 0 spiro atoms. The van der Waals surface area contributed by atoms with E-state index in [0.29, 0.717) is 31.8 Å². The van der Waals surface area contributed by atoms with Crippen LogP contribution in [0.2, 0.25) is 0 Å². The predicted molar refractivity (Wildman–Crippen MR) is 110 cm³/mol. The number of rotatable bonds is 2. The fourth-order valence-electron chi connectivity index (χ4n) is 3.62. The van der Waals surface area contributed by atoms with Gasteiger partial charge < -0.3 is 14.2 Å². The second-order valence-corrected chi connectivity index (χ2v) is 6.98. The molecule has 0 unspecified atom stereocenters. The summed E-state index contributed by atoms with van der Waals surface area (Å²) in [6.45, 7) is 2.24. The first-order valence-corrected chi connectivity index (χ1v) is 9.48. The number of para-hydroxylation sites is 3. The summed E-state index contributed by atoms with van der Waals surface area (Å²) < 4.78 is 5.30. The number of nitrogens with zero attached hydrogens (tertiary/aromatic N) is 4. The zero-order valence-corrected chi connectivity index (χ0v) is 15.6. The van der Waals surface area contributed by atoms with Crippen LogP contribution >= 0.6 is 0 Å². The van der Waals surface area contributed by atoms with Crippen molar-refractivity contribution in [2.45, 2.75) is 0 Å². The maximum Gasteiger partial charge on any atom is 0.349 e. The summed E-state index contributed by atoms with van der Waals surface area (Å²) in [4.78, 5) is 38.1. The second kappa shape index (κ2) is 7.01. The van der Waals surface area contributed by atoms with Gasteiger partial charge in [-0.05, 0) is 24.3 Å². The van der Waals surface area contributed by atoms with Crippen molar-refractivity contribution in [3.05, 3.63) is 76.8 Å². The lowest BCUT2D eigenvalue weighted by molar-refractivity contribution is 0.0742. The normalized spacial score (nSPS) is 14.5. The van der Waals surface area contributed by atoms with Crippen molar-refractivity contribution >= 4 is 33.7 Å². The molecule has 2 aromatic heterocycles. The van der Waals surface area contributed by atoms with E-state index in [1.165, 1.54) is 0 Å². The minimum Gasteiger partial charge on any atom is -0.422 e. The van der Waals surface area contributed by atoms with Crippen molar-refractivity contribution in [2.24, 2.45) is 0 Å². The van der Waals surface area contributed by atoms with Gasteiger partial charge in [-0.25, -0.2) is 9.78 Å². The molecule has 2 aromatic carbocycles. The summed E-state index contributed by atoms with van der Waals surface area (Å²) in [5.41, 5.74) is 1.65.